The van der Waals surface area contributed by atoms with Crippen molar-refractivity contribution in [2.24, 2.45) is 5.92 Å². The van der Waals surface area contributed by atoms with E-state index in [-0.39, 0.29) is 24.0 Å². The molecule has 3 atom stereocenters. The Morgan fingerprint density at radius 2 is 1.97 bits per heavy atom. The van der Waals surface area contributed by atoms with Crippen molar-refractivity contribution >= 4 is 17.8 Å². The van der Waals surface area contributed by atoms with E-state index >= 15 is 0 Å². The maximum atomic E-state index is 13.3. The maximum absolute atomic E-state index is 13.3. The Hall–Kier alpha value is -3.01. The van der Waals surface area contributed by atoms with Crippen LogP contribution in [-0.2, 0) is 20.7 Å². The molecule has 1 aliphatic carbocycles. The topological polar surface area (TPSA) is 105 Å². The average Bonchev–Trinajstić information content (AvgIpc) is 3.41. The summed E-state index contributed by atoms with van der Waals surface area (Å²) in [6, 6.07) is 4.74. The van der Waals surface area contributed by atoms with Gasteiger partial charge in [-0.25, -0.2) is 13.6 Å². The van der Waals surface area contributed by atoms with Crippen LogP contribution in [0.25, 0.3) is 0 Å². The summed E-state index contributed by atoms with van der Waals surface area (Å²) in [6.45, 7) is 2.01. The van der Waals surface area contributed by atoms with Gasteiger partial charge in [0.05, 0.1) is 13.0 Å². The number of aromatic amines is 1. The van der Waals surface area contributed by atoms with Gasteiger partial charge in [0.1, 0.15) is 17.7 Å². The number of carbonyl (C=O) groups is 2. The van der Waals surface area contributed by atoms with Crippen molar-refractivity contribution in [1.29, 1.82) is 0 Å². The minimum absolute atomic E-state index is 0.130. The second kappa shape index (κ2) is 10.7. The first kappa shape index (κ1) is 23.2. The molecule has 1 unspecified atom stereocenters. The molecule has 2 fully saturated rings. The van der Waals surface area contributed by atoms with Gasteiger partial charge in [0, 0.05) is 36.9 Å². The highest BCUT2D eigenvalue weighted by atomic mass is 19.1. The molecule has 2 aromatic rings. The summed E-state index contributed by atoms with van der Waals surface area (Å²) in [5, 5.41) is 12.5. The predicted octanol–water partition coefficient (Wildman–Crippen LogP) is 3.66. The average molecular weight is 462 g/mol. The zero-order valence-electron chi connectivity index (χ0n) is 18.2. The van der Waals surface area contributed by atoms with Crippen LogP contribution in [0.4, 0.5) is 19.4 Å². The SMILES string of the molecule is O=C(Cc1cc(F)cc(F)c1)Nc1cc([C@@H]2CC[C@H](OC(=O)NCC3CCCOC3)C2)[nH]n1. The van der Waals surface area contributed by atoms with E-state index in [4.69, 9.17) is 9.47 Å². The zero-order chi connectivity index (χ0) is 23.2. The number of rotatable bonds is 7. The largest absolute Gasteiger partial charge is 0.446 e. The number of amides is 2. The number of ether oxygens (including phenoxy) is 2. The van der Waals surface area contributed by atoms with Crippen molar-refractivity contribution in [1.82, 2.24) is 15.5 Å². The van der Waals surface area contributed by atoms with E-state index < -0.39 is 23.6 Å². The monoisotopic (exact) mass is 462 g/mol. The van der Waals surface area contributed by atoms with E-state index in [1.807, 2.05) is 0 Å². The van der Waals surface area contributed by atoms with Gasteiger partial charge in [0.2, 0.25) is 5.91 Å². The Balaban J connectivity index is 1.21. The molecule has 0 radical (unpaired) electrons. The van der Waals surface area contributed by atoms with Crippen molar-refractivity contribution in [2.75, 3.05) is 25.1 Å². The summed E-state index contributed by atoms with van der Waals surface area (Å²) < 4.78 is 37.6. The maximum Gasteiger partial charge on any atom is 0.407 e. The first-order valence-corrected chi connectivity index (χ1v) is 11.3. The normalized spacial score (nSPS) is 22.7. The number of benzene rings is 1. The molecule has 10 heteroatoms. The second-order valence-corrected chi connectivity index (χ2v) is 8.71. The molecule has 1 aromatic carbocycles. The fourth-order valence-electron chi connectivity index (χ4n) is 4.41. The third kappa shape index (κ3) is 6.74. The summed E-state index contributed by atoms with van der Waals surface area (Å²) in [6.07, 6.45) is 3.55. The van der Waals surface area contributed by atoms with Gasteiger partial charge in [-0.1, -0.05) is 0 Å². The fourth-order valence-corrected chi connectivity index (χ4v) is 4.41. The van der Waals surface area contributed by atoms with Gasteiger partial charge in [0.25, 0.3) is 0 Å². The van der Waals surface area contributed by atoms with Crippen LogP contribution < -0.4 is 10.6 Å². The van der Waals surface area contributed by atoms with E-state index in [9.17, 15) is 18.4 Å². The molecular weight excluding hydrogens is 434 g/mol. The highest BCUT2D eigenvalue weighted by Gasteiger charge is 2.30. The van der Waals surface area contributed by atoms with Crippen molar-refractivity contribution < 1.29 is 27.8 Å². The second-order valence-electron chi connectivity index (χ2n) is 8.71. The van der Waals surface area contributed by atoms with Gasteiger partial charge in [-0.2, -0.15) is 5.10 Å². The lowest BCUT2D eigenvalue weighted by molar-refractivity contribution is -0.115. The summed E-state index contributed by atoms with van der Waals surface area (Å²) in [7, 11) is 0. The van der Waals surface area contributed by atoms with Crippen LogP contribution in [0.3, 0.4) is 0 Å². The molecule has 0 spiro atoms. The molecule has 1 saturated carbocycles. The van der Waals surface area contributed by atoms with Crippen LogP contribution in [-0.4, -0.2) is 48.1 Å². The first-order chi connectivity index (χ1) is 15.9. The van der Waals surface area contributed by atoms with E-state index in [1.165, 1.54) is 0 Å². The molecule has 1 aliphatic heterocycles. The van der Waals surface area contributed by atoms with Crippen LogP contribution in [0, 0.1) is 17.6 Å². The van der Waals surface area contributed by atoms with Crippen LogP contribution in [0.1, 0.15) is 49.3 Å². The summed E-state index contributed by atoms with van der Waals surface area (Å²) in [5.41, 5.74) is 1.08. The lowest BCUT2D eigenvalue weighted by atomic mass is 10.0. The van der Waals surface area contributed by atoms with Crippen LogP contribution in [0.2, 0.25) is 0 Å². The Bertz CT molecular complexity index is 957. The molecule has 2 aliphatic rings. The molecule has 2 amide bonds. The minimum atomic E-state index is -0.727. The third-order valence-corrected chi connectivity index (χ3v) is 6.04. The molecule has 8 nitrogen and oxygen atoms in total. The Kier molecular flexibility index (Phi) is 7.54. The van der Waals surface area contributed by atoms with Gasteiger partial charge in [0.15, 0.2) is 5.82 Å². The number of H-pyrrole nitrogens is 1. The third-order valence-electron chi connectivity index (χ3n) is 6.04. The number of carbonyl (C=O) groups excluding carboxylic acids is 2. The van der Waals surface area contributed by atoms with Crippen LogP contribution in [0.5, 0.6) is 0 Å². The van der Waals surface area contributed by atoms with Gasteiger partial charge < -0.3 is 20.1 Å². The molecule has 33 heavy (non-hydrogen) atoms. The number of aromatic nitrogens is 2. The van der Waals surface area contributed by atoms with Gasteiger partial charge in [-0.3, -0.25) is 9.89 Å². The van der Waals surface area contributed by atoms with Crippen molar-refractivity contribution in [2.45, 2.75) is 50.5 Å². The molecule has 2 heterocycles. The molecule has 178 valence electrons. The zero-order valence-corrected chi connectivity index (χ0v) is 18.2. The number of nitrogens with one attached hydrogen (secondary N) is 3. The number of halogens is 2. The van der Waals surface area contributed by atoms with Gasteiger partial charge >= 0.3 is 6.09 Å². The van der Waals surface area contributed by atoms with Crippen molar-refractivity contribution in [3.05, 3.63) is 47.2 Å². The molecule has 1 saturated heterocycles. The Morgan fingerprint density at radius 3 is 2.73 bits per heavy atom. The van der Waals surface area contributed by atoms with Gasteiger partial charge in [-0.15, -0.1) is 0 Å². The fraction of sp³-hybridized carbons (Fsp3) is 0.522. The first-order valence-electron chi connectivity index (χ1n) is 11.3. The standard InChI is InChI=1S/C23H28F2N4O4/c24-17-6-15(7-18(25)10-17)8-22(30)27-21-11-20(28-29-21)16-3-4-19(9-16)33-23(31)26-12-14-2-1-5-32-13-14/h6-7,10-11,14,16,19H,1-5,8-9,12-13H2,(H,26,31)(H2,27,28,29,30)/t14?,16-,19+/m1/s1. The van der Waals surface area contributed by atoms with E-state index in [1.54, 1.807) is 6.07 Å². The number of anilines is 1. The van der Waals surface area contributed by atoms with Crippen LogP contribution >= 0.6 is 0 Å². The molecule has 1 aromatic heterocycles. The van der Waals surface area contributed by atoms with E-state index in [2.05, 4.69) is 20.8 Å². The Morgan fingerprint density at radius 1 is 1.15 bits per heavy atom. The highest BCUT2D eigenvalue weighted by Crippen LogP contribution is 2.35. The number of alkyl carbamates (subject to hydrolysis) is 1. The summed E-state index contributed by atoms with van der Waals surface area (Å²) in [5.74, 6) is -1.08. The molecule has 3 N–H and O–H groups in total. The molecule has 4 rings (SSSR count). The number of hydrogen-bond acceptors (Lipinski definition) is 5. The Labute approximate surface area is 190 Å². The number of nitrogens with zero attached hydrogens (tertiary/aromatic N) is 1. The van der Waals surface area contributed by atoms with Gasteiger partial charge in [-0.05, 0) is 55.7 Å². The van der Waals surface area contributed by atoms with Crippen molar-refractivity contribution in [3.8, 4) is 0 Å². The molecular formula is C23H28F2N4O4. The smallest absolute Gasteiger partial charge is 0.407 e. The predicted molar refractivity (Wildman–Crippen MR) is 116 cm³/mol. The number of hydrogen-bond donors (Lipinski definition) is 3. The molecule has 0 bridgehead atoms. The van der Waals surface area contributed by atoms with Crippen LogP contribution in [0.15, 0.2) is 24.3 Å². The van der Waals surface area contributed by atoms with E-state index in [0.717, 1.165) is 56.2 Å². The summed E-state index contributed by atoms with van der Waals surface area (Å²) in [4.78, 5) is 24.3. The quantitative estimate of drug-likeness (QED) is 0.583. The van der Waals surface area contributed by atoms with Crippen molar-refractivity contribution in [3.63, 3.8) is 0 Å². The minimum Gasteiger partial charge on any atom is -0.446 e. The summed E-state index contributed by atoms with van der Waals surface area (Å²) >= 11 is 0. The lowest BCUT2D eigenvalue weighted by Gasteiger charge is -2.22. The lowest BCUT2D eigenvalue weighted by Crippen LogP contribution is -2.35. The van der Waals surface area contributed by atoms with E-state index in [0.29, 0.717) is 31.3 Å². The highest BCUT2D eigenvalue weighted by molar-refractivity contribution is 5.91.